The highest BCUT2D eigenvalue weighted by Crippen LogP contribution is 2.61. The average Bonchev–Trinajstić information content (AvgIpc) is 2.97. The van der Waals surface area contributed by atoms with E-state index in [1.165, 1.54) is 0 Å². The van der Waals surface area contributed by atoms with E-state index in [4.69, 9.17) is 24.4 Å². The molecule has 4 N–H and O–H groups in total. The van der Waals surface area contributed by atoms with Crippen LogP contribution < -0.4 is 20.5 Å². The van der Waals surface area contributed by atoms with Crippen molar-refractivity contribution in [2.75, 3.05) is 12.3 Å². The van der Waals surface area contributed by atoms with Crippen molar-refractivity contribution in [2.24, 2.45) is 0 Å². The van der Waals surface area contributed by atoms with Gasteiger partial charge >= 0.3 is 13.5 Å². The van der Waals surface area contributed by atoms with Crippen molar-refractivity contribution in [3.05, 3.63) is 10.5 Å². The van der Waals surface area contributed by atoms with Crippen molar-refractivity contribution in [1.82, 2.24) is 9.55 Å². The molecule has 4 rings (SSSR count). The number of hydrogen-bond donors (Lipinski definition) is 3. The number of nitrogens with two attached hydrogens (primary N) is 1. The van der Waals surface area contributed by atoms with Crippen LogP contribution in [0.4, 0.5) is 5.82 Å². The summed E-state index contributed by atoms with van der Waals surface area (Å²) < 4.78 is 33.0. The topological polar surface area (TPSA) is 165 Å². The number of phosphoric ester groups is 1. The van der Waals surface area contributed by atoms with E-state index in [1.54, 1.807) is 0 Å². The molecule has 13 heteroatoms. The molecule has 1 fully saturated rings. The van der Waals surface area contributed by atoms with Crippen LogP contribution in [0, 0.1) is 0 Å². The largest absolute Gasteiger partial charge is 0.617 e. The second kappa shape index (κ2) is 4.41. The number of hydrogen-bond acceptors (Lipinski definition) is 11. The van der Waals surface area contributed by atoms with Crippen molar-refractivity contribution < 1.29 is 38.1 Å². The van der Waals surface area contributed by atoms with Gasteiger partial charge in [-0.15, -0.1) is 4.67 Å². The summed E-state index contributed by atoms with van der Waals surface area (Å²) in [6.45, 7) is -0.535. The number of phosphoric acid groups is 1. The summed E-state index contributed by atoms with van der Waals surface area (Å²) in [5, 5.41) is 19.5. The lowest BCUT2D eigenvalue weighted by molar-refractivity contribution is -0.277. The molecule has 1 aromatic rings. The molecule has 0 amide bonds. The number of ether oxygens (including phenoxy) is 1. The number of aromatic nitrogens is 2. The summed E-state index contributed by atoms with van der Waals surface area (Å²) in [5.74, 6) is -0.998. The number of anilines is 1. The molecule has 12 nitrogen and oxygen atoms in total. The van der Waals surface area contributed by atoms with Gasteiger partial charge in [0.1, 0.15) is 12.2 Å². The molecule has 1 aromatic heterocycles. The van der Waals surface area contributed by atoms with Gasteiger partial charge in [0.05, 0.1) is 6.61 Å². The fourth-order valence-electron chi connectivity index (χ4n) is 2.48. The lowest BCUT2D eigenvalue weighted by atomic mass is 10.1. The molecular weight excluding hydrogens is 325 g/mol. The van der Waals surface area contributed by atoms with Gasteiger partial charge in [-0.2, -0.15) is 4.98 Å². The van der Waals surface area contributed by atoms with Crippen molar-refractivity contribution in [3.8, 4) is 11.6 Å². The molecule has 3 aliphatic rings. The Morgan fingerprint density at radius 1 is 1.41 bits per heavy atom. The summed E-state index contributed by atoms with van der Waals surface area (Å²) in [6, 6.07) is 0. The molecule has 22 heavy (non-hydrogen) atoms. The van der Waals surface area contributed by atoms with Gasteiger partial charge in [-0.05, 0) is 0 Å². The van der Waals surface area contributed by atoms with Gasteiger partial charge in [-0.3, -0.25) is 0 Å². The quantitative estimate of drug-likeness (QED) is 0.395. The third kappa shape index (κ3) is 1.73. The molecule has 4 bridgehead atoms. The van der Waals surface area contributed by atoms with Crippen LogP contribution in [0.15, 0.2) is 4.79 Å². The van der Waals surface area contributed by atoms with E-state index >= 15 is 0 Å². The molecule has 1 saturated heterocycles. The minimum absolute atomic E-state index is 0.284. The van der Waals surface area contributed by atoms with Gasteiger partial charge in [-0.1, -0.05) is 0 Å². The second-order valence-electron chi connectivity index (χ2n) is 4.79. The zero-order valence-electron chi connectivity index (χ0n) is 10.7. The lowest BCUT2D eigenvalue weighted by Crippen LogP contribution is -2.37. The van der Waals surface area contributed by atoms with Crippen molar-refractivity contribution >= 4 is 13.6 Å². The second-order valence-corrected chi connectivity index (χ2v) is 6.20. The van der Waals surface area contributed by atoms with E-state index in [1.807, 2.05) is 0 Å². The van der Waals surface area contributed by atoms with E-state index in [-0.39, 0.29) is 17.4 Å². The normalized spacial score (nSPS) is 38.6. The third-order valence-electron chi connectivity index (χ3n) is 3.46. The number of fused-ring (bicyclic) bond motifs is 4. The van der Waals surface area contributed by atoms with E-state index < -0.39 is 44.7 Å². The molecule has 2 unspecified atom stereocenters. The molecule has 3 aliphatic heterocycles. The van der Waals surface area contributed by atoms with Crippen LogP contribution in [-0.4, -0.2) is 44.7 Å². The third-order valence-corrected chi connectivity index (χ3v) is 4.53. The predicted molar refractivity (Wildman–Crippen MR) is 64.7 cm³/mol. The van der Waals surface area contributed by atoms with Gasteiger partial charge in [-0.25, -0.2) is 18.8 Å². The first-order valence-corrected chi connectivity index (χ1v) is 7.60. The van der Waals surface area contributed by atoms with Crippen LogP contribution in [0.1, 0.15) is 6.23 Å². The minimum Gasteiger partial charge on any atom is -0.394 e. The number of nitrogens with zero attached hydrogens (tertiary/aromatic N) is 2. The van der Waals surface area contributed by atoms with Crippen LogP contribution >= 0.6 is 7.82 Å². The van der Waals surface area contributed by atoms with Crippen molar-refractivity contribution in [1.29, 1.82) is 0 Å². The smallest absolute Gasteiger partial charge is 0.394 e. The Morgan fingerprint density at radius 2 is 2.18 bits per heavy atom. The van der Waals surface area contributed by atoms with Crippen LogP contribution in [0.5, 0.6) is 11.6 Å². The van der Waals surface area contributed by atoms with Gasteiger partial charge < -0.3 is 29.7 Å². The standard InChI is InChI=1S/C9H10N3O9P/c10-6-5-8-12(9(15)11-6)7-3(14)4(2(1-13)17-7)18-21-22(16,19-5)20-8/h2-4,7,13-14H,1H2,(H2,10,11,15)/t2-,3-,4-,7?,22?/m1/s1. The first-order valence-electron chi connectivity index (χ1n) is 6.14. The number of nitrogen functional groups attached to an aromatic ring is 1. The molecular formula is C9H10N3O9P. The van der Waals surface area contributed by atoms with E-state index in [2.05, 4.69) is 9.66 Å². The Bertz CT molecular complexity index is 751. The Labute approximate surface area is 121 Å². The summed E-state index contributed by atoms with van der Waals surface area (Å²) in [5.41, 5.74) is 4.61. The van der Waals surface area contributed by atoms with Crippen molar-refractivity contribution in [2.45, 2.75) is 24.5 Å². The van der Waals surface area contributed by atoms with E-state index in [9.17, 15) is 19.6 Å². The van der Waals surface area contributed by atoms with Crippen LogP contribution in [0.3, 0.4) is 0 Å². The van der Waals surface area contributed by atoms with Gasteiger partial charge in [0.2, 0.25) is 5.75 Å². The highest BCUT2D eigenvalue weighted by Gasteiger charge is 2.54. The maximum Gasteiger partial charge on any atom is 0.617 e. The molecule has 0 saturated carbocycles. The van der Waals surface area contributed by atoms with Gasteiger partial charge in [0, 0.05) is 0 Å². The molecule has 0 spiro atoms. The fraction of sp³-hybridized carbons (Fsp3) is 0.556. The fourth-order valence-corrected chi connectivity index (χ4v) is 3.56. The maximum absolute atomic E-state index is 12.3. The van der Waals surface area contributed by atoms with Crippen LogP contribution in [0.2, 0.25) is 0 Å². The predicted octanol–water partition coefficient (Wildman–Crippen LogP) is -1.71. The average molecular weight is 335 g/mol. The number of aliphatic hydroxyl groups excluding tert-OH is 2. The van der Waals surface area contributed by atoms with Gasteiger partial charge in [0.15, 0.2) is 18.1 Å². The van der Waals surface area contributed by atoms with Crippen molar-refractivity contribution in [3.63, 3.8) is 0 Å². The monoisotopic (exact) mass is 335 g/mol. The summed E-state index contributed by atoms with van der Waals surface area (Å²) in [4.78, 5) is 20.4. The zero-order valence-corrected chi connectivity index (χ0v) is 11.6. The lowest BCUT2D eigenvalue weighted by Gasteiger charge is -2.18. The maximum atomic E-state index is 12.3. The molecule has 0 aromatic carbocycles. The summed E-state index contributed by atoms with van der Waals surface area (Å²) in [7, 11) is -4.25. The SMILES string of the molecule is Nc1nc(=O)n2c3c1OP(=O)(OO[C@@H]1[C@@H](CO)OC2[C@@H]1O)O3. The van der Waals surface area contributed by atoms with Crippen LogP contribution in [0.25, 0.3) is 0 Å². The first kappa shape index (κ1) is 13.9. The highest BCUT2D eigenvalue weighted by molar-refractivity contribution is 7.49. The Hall–Kier alpha value is -1.69. The molecule has 0 aliphatic carbocycles. The molecule has 120 valence electrons. The molecule has 0 radical (unpaired) electrons. The first-order chi connectivity index (χ1) is 10.4. The zero-order chi connectivity index (χ0) is 15.6. The van der Waals surface area contributed by atoms with Crippen LogP contribution in [-0.2, 0) is 18.9 Å². The summed E-state index contributed by atoms with van der Waals surface area (Å²) in [6.07, 6.45) is -4.97. The van der Waals surface area contributed by atoms with E-state index in [0.29, 0.717) is 0 Å². The number of rotatable bonds is 1. The Kier molecular flexibility index (Phi) is 2.79. The minimum atomic E-state index is -4.25. The highest BCUT2D eigenvalue weighted by atomic mass is 31.2. The number of aliphatic hydroxyl groups is 2. The summed E-state index contributed by atoms with van der Waals surface area (Å²) >= 11 is 0. The molecule has 4 heterocycles. The van der Waals surface area contributed by atoms with Gasteiger partial charge in [0.25, 0.3) is 5.88 Å². The Morgan fingerprint density at radius 3 is 2.91 bits per heavy atom. The molecule has 5 atom stereocenters. The Balaban J connectivity index is 1.96. The van der Waals surface area contributed by atoms with E-state index in [0.717, 1.165) is 4.57 Å².